The highest BCUT2D eigenvalue weighted by Crippen LogP contribution is 2.29. The normalized spacial score (nSPS) is 11.5. The average Bonchev–Trinajstić information content (AvgIpc) is 2.65. The van der Waals surface area contributed by atoms with Crippen LogP contribution in [0.25, 0.3) is 6.08 Å². The molecule has 0 aliphatic carbocycles. The summed E-state index contributed by atoms with van der Waals surface area (Å²) in [6.07, 6.45) is -1.40. The Labute approximate surface area is 155 Å². The van der Waals surface area contributed by atoms with E-state index in [1.54, 1.807) is 31.3 Å². The summed E-state index contributed by atoms with van der Waals surface area (Å²) >= 11 is 0. The van der Waals surface area contributed by atoms with E-state index in [-0.39, 0.29) is 12.5 Å². The summed E-state index contributed by atoms with van der Waals surface area (Å²) in [6, 6.07) is 9.94. The highest BCUT2D eigenvalue weighted by Gasteiger charge is 2.29. The van der Waals surface area contributed by atoms with Gasteiger partial charge in [0.2, 0.25) is 5.91 Å². The van der Waals surface area contributed by atoms with Crippen LogP contribution in [0, 0.1) is 0 Å². The Balaban J connectivity index is 2.06. The number of hydrogen-bond donors (Lipinski definition) is 0. The number of halogens is 3. The lowest BCUT2D eigenvalue weighted by atomic mass is 10.1. The molecule has 144 valence electrons. The first-order valence-electron chi connectivity index (χ1n) is 8.06. The van der Waals surface area contributed by atoms with E-state index < -0.39 is 11.7 Å². The second-order valence-electron chi connectivity index (χ2n) is 5.83. The third-order valence-corrected chi connectivity index (χ3v) is 3.92. The van der Waals surface area contributed by atoms with E-state index in [2.05, 4.69) is 0 Å². The minimum Gasteiger partial charge on any atom is -0.497 e. The Morgan fingerprint density at radius 2 is 1.74 bits per heavy atom. The van der Waals surface area contributed by atoms with Gasteiger partial charge in [0, 0.05) is 25.2 Å². The van der Waals surface area contributed by atoms with Gasteiger partial charge in [0.15, 0.2) is 0 Å². The van der Waals surface area contributed by atoms with Crippen LogP contribution in [0.5, 0.6) is 11.5 Å². The van der Waals surface area contributed by atoms with Crippen molar-refractivity contribution in [1.29, 1.82) is 0 Å². The van der Waals surface area contributed by atoms with Crippen LogP contribution < -0.4 is 9.47 Å². The lowest BCUT2D eigenvalue weighted by Gasteiger charge is -2.16. The molecule has 2 aromatic carbocycles. The Morgan fingerprint density at radius 3 is 2.30 bits per heavy atom. The standard InChI is InChI=1S/C20H20F3NO3/c1-24(13-14-4-7-16(8-5-14)20(21,22)23)19(25)11-6-15-12-17(26-2)9-10-18(15)27-3/h4-12H,13H2,1-3H3/b11-6+. The summed E-state index contributed by atoms with van der Waals surface area (Å²) < 4.78 is 48.2. The number of hydrogen-bond acceptors (Lipinski definition) is 3. The summed E-state index contributed by atoms with van der Waals surface area (Å²) in [5.74, 6) is 0.922. The number of likely N-dealkylation sites (N-methyl/N-ethyl adjacent to an activating group) is 1. The smallest absolute Gasteiger partial charge is 0.416 e. The molecule has 0 bridgehead atoms. The number of ether oxygens (including phenoxy) is 2. The van der Waals surface area contributed by atoms with Crippen LogP contribution >= 0.6 is 0 Å². The number of benzene rings is 2. The highest BCUT2D eigenvalue weighted by atomic mass is 19.4. The summed E-state index contributed by atoms with van der Waals surface area (Å²) in [6.45, 7) is 0.191. The van der Waals surface area contributed by atoms with Crippen LogP contribution in [-0.4, -0.2) is 32.1 Å². The molecule has 0 spiro atoms. The molecule has 0 unspecified atom stereocenters. The zero-order valence-corrected chi connectivity index (χ0v) is 15.2. The van der Waals surface area contributed by atoms with Gasteiger partial charge in [0.1, 0.15) is 11.5 Å². The van der Waals surface area contributed by atoms with Gasteiger partial charge >= 0.3 is 6.18 Å². The van der Waals surface area contributed by atoms with Crippen molar-refractivity contribution in [2.75, 3.05) is 21.3 Å². The predicted molar refractivity (Wildman–Crippen MR) is 96.5 cm³/mol. The summed E-state index contributed by atoms with van der Waals surface area (Å²) in [5.41, 5.74) is 0.560. The minimum atomic E-state index is -4.38. The molecule has 0 aliphatic rings. The van der Waals surface area contributed by atoms with E-state index in [1.165, 1.54) is 37.3 Å². The van der Waals surface area contributed by atoms with Crippen molar-refractivity contribution < 1.29 is 27.4 Å². The SMILES string of the molecule is COc1ccc(OC)c(/C=C/C(=O)N(C)Cc2ccc(C(F)(F)F)cc2)c1. The second-order valence-corrected chi connectivity index (χ2v) is 5.83. The van der Waals surface area contributed by atoms with E-state index in [1.807, 2.05) is 0 Å². The molecular weight excluding hydrogens is 359 g/mol. The average molecular weight is 379 g/mol. The lowest BCUT2D eigenvalue weighted by Crippen LogP contribution is -2.24. The Hall–Kier alpha value is -2.96. The van der Waals surface area contributed by atoms with Crippen molar-refractivity contribution in [3.63, 3.8) is 0 Å². The lowest BCUT2D eigenvalue weighted by molar-refractivity contribution is -0.137. The van der Waals surface area contributed by atoms with Crippen LogP contribution in [-0.2, 0) is 17.5 Å². The van der Waals surface area contributed by atoms with Crippen molar-refractivity contribution in [2.45, 2.75) is 12.7 Å². The Kier molecular flexibility index (Phi) is 6.50. The van der Waals surface area contributed by atoms with E-state index in [0.29, 0.717) is 22.6 Å². The van der Waals surface area contributed by atoms with Gasteiger partial charge in [0.05, 0.1) is 19.8 Å². The first-order chi connectivity index (χ1) is 12.7. The molecule has 0 heterocycles. The van der Waals surface area contributed by atoms with Crippen molar-refractivity contribution >= 4 is 12.0 Å². The molecule has 0 radical (unpaired) electrons. The monoisotopic (exact) mass is 379 g/mol. The maximum atomic E-state index is 12.6. The first kappa shape index (κ1) is 20.4. The fourth-order valence-electron chi connectivity index (χ4n) is 2.41. The van der Waals surface area contributed by atoms with Crippen LogP contribution in [0.1, 0.15) is 16.7 Å². The third kappa shape index (κ3) is 5.51. The van der Waals surface area contributed by atoms with Gasteiger partial charge in [0.25, 0.3) is 0 Å². The fourth-order valence-corrected chi connectivity index (χ4v) is 2.41. The molecule has 27 heavy (non-hydrogen) atoms. The predicted octanol–water partition coefficient (Wildman–Crippen LogP) is 4.39. The zero-order chi connectivity index (χ0) is 20.0. The van der Waals surface area contributed by atoms with Crippen molar-refractivity contribution in [3.05, 3.63) is 65.2 Å². The number of carbonyl (C=O) groups is 1. The number of rotatable bonds is 6. The van der Waals surface area contributed by atoms with Gasteiger partial charge in [-0.05, 0) is 42.0 Å². The molecule has 1 amide bonds. The largest absolute Gasteiger partial charge is 0.497 e. The molecule has 0 aromatic heterocycles. The quantitative estimate of drug-likeness (QED) is 0.699. The molecule has 2 rings (SSSR count). The molecular formula is C20H20F3NO3. The van der Waals surface area contributed by atoms with Crippen LogP contribution in [0.3, 0.4) is 0 Å². The number of carbonyl (C=O) groups excluding carboxylic acids is 1. The van der Waals surface area contributed by atoms with E-state index in [4.69, 9.17) is 9.47 Å². The minimum absolute atomic E-state index is 0.191. The molecule has 7 heteroatoms. The molecule has 0 atom stereocenters. The molecule has 0 saturated carbocycles. The molecule has 0 saturated heterocycles. The van der Waals surface area contributed by atoms with Crippen LogP contribution in [0.15, 0.2) is 48.5 Å². The van der Waals surface area contributed by atoms with Gasteiger partial charge in [-0.1, -0.05) is 12.1 Å². The van der Waals surface area contributed by atoms with Gasteiger partial charge in [-0.3, -0.25) is 4.79 Å². The third-order valence-electron chi connectivity index (χ3n) is 3.92. The molecule has 0 fully saturated rings. The number of alkyl halides is 3. The molecule has 2 aromatic rings. The van der Waals surface area contributed by atoms with E-state index in [0.717, 1.165) is 12.1 Å². The molecule has 0 aliphatic heterocycles. The second kappa shape index (κ2) is 8.62. The van der Waals surface area contributed by atoms with Crippen LogP contribution in [0.2, 0.25) is 0 Å². The van der Waals surface area contributed by atoms with Crippen LogP contribution in [0.4, 0.5) is 13.2 Å². The Morgan fingerprint density at radius 1 is 1.07 bits per heavy atom. The summed E-state index contributed by atoms with van der Waals surface area (Å²) in [4.78, 5) is 13.7. The van der Waals surface area contributed by atoms with E-state index >= 15 is 0 Å². The number of nitrogens with zero attached hydrogens (tertiary/aromatic N) is 1. The zero-order valence-electron chi connectivity index (χ0n) is 15.2. The van der Waals surface area contributed by atoms with Gasteiger partial charge in [-0.2, -0.15) is 13.2 Å². The number of methoxy groups -OCH3 is 2. The Bertz CT molecular complexity index is 814. The highest BCUT2D eigenvalue weighted by molar-refractivity contribution is 5.92. The first-order valence-corrected chi connectivity index (χ1v) is 8.06. The topological polar surface area (TPSA) is 38.8 Å². The summed E-state index contributed by atoms with van der Waals surface area (Å²) in [7, 11) is 4.64. The van der Waals surface area contributed by atoms with Crippen molar-refractivity contribution in [1.82, 2.24) is 4.90 Å². The fraction of sp³-hybridized carbons (Fsp3) is 0.250. The maximum Gasteiger partial charge on any atom is 0.416 e. The molecule has 0 N–H and O–H groups in total. The number of amides is 1. The van der Waals surface area contributed by atoms with Gasteiger partial charge < -0.3 is 14.4 Å². The summed E-state index contributed by atoms with van der Waals surface area (Å²) in [5, 5.41) is 0. The van der Waals surface area contributed by atoms with Crippen molar-refractivity contribution in [2.24, 2.45) is 0 Å². The van der Waals surface area contributed by atoms with E-state index in [9.17, 15) is 18.0 Å². The molecule has 4 nitrogen and oxygen atoms in total. The van der Waals surface area contributed by atoms with Crippen molar-refractivity contribution in [3.8, 4) is 11.5 Å². The van der Waals surface area contributed by atoms with Gasteiger partial charge in [-0.25, -0.2) is 0 Å². The van der Waals surface area contributed by atoms with Gasteiger partial charge in [-0.15, -0.1) is 0 Å². The maximum absolute atomic E-state index is 12.6.